The van der Waals surface area contributed by atoms with Crippen LogP contribution in [0.3, 0.4) is 0 Å². The number of aliphatic hydroxyl groups is 1. The highest BCUT2D eigenvalue weighted by Crippen LogP contribution is 2.31. The van der Waals surface area contributed by atoms with Crippen molar-refractivity contribution in [2.75, 3.05) is 14.2 Å². The molecule has 2 aromatic rings. The number of aryl methyl sites for hydroxylation is 2. The van der Waals surface area contributed by atoms with Crippen molar-refractivity contribution in [1.29, 1.82) is 0 Å². The van der Waals surface area contributed by atoms with Gasteiger partial charge in [0.25, 0.3) is 0 Å². The van der Waals surface area contributed by atoms with Crippen LogP contribution < -0.4 is 9.47 Å². The number of furan rings is 1. The maximum absolute atomic E-state index is 10.4. The molecule has 0 aliphatic rings. The van der Waals surface area contributed by atoms with Gasteiger partial charge in [-0.15, -0.1) is 0 Å². The van der Waals surface area contributed by atoms with Gasteiger partial charge in [0, 0.05) is 5.56 Å². The number of aromatic nitrogens is 2. The van der Waals surface area contributed by atoms with Gasteiger partial charge in [0.15, 0.2) is 0 Å². The van der Waals surface area contributed by atoms with Crippen LogP contribution in [0, 0.1) is 13.8 Å². The molecule has 2 heterocycles. The molecule has 0 saturated carbocycles. The SMILES string of the molecule is COc1cnc(C(O)c2cc(C)oc2C)c(OC)n1. The molecule has 1 atom stereocenters. The van der Waals surface area contributed by atoms with Gasteiger partial charge in [0.1, 0.15) is 23.3 Å². The minimum absolute atomic E-state index is 0.227. The maximum atomic E-state index is 10.4. The fourth-order valence-electron chi connectivity index (χ4n) is 1.87. The second kappa shape index (κ2) is 5.27. The second-order valence-corrected chi connectivity index (χ2v) is 4.08. The molecule has 19 heavy (non-hydrogen) atoms. The molecule has 1 N–H and O–H groups in total. The summed E-state index contributed by atoms with van der Waals surface area (Å²) in [5, 5.41) is 10.4. The predicted molar refractivity (Wildman–Crippen MR) is 67.4 cm³/mol. The summed E-state index contributed by atoms with van der Waals surface area (Å²) in [7, 11) is 2.95. The molecule has 0 saturated heterocycles. The summed E-state index contributed by atoms with van der Waals surface area (Å²) in [6.07, 6.45) is 0.481. The van der Waals surface area contributed by atoms with Gasteiger partial charge in [-0.25, -0.2) is 4.98 Å². The van der Waals surface area contributed by atoms with E-state index in [-0.39, 0.29) is 5.88 Å². The summed E-state index contributed by atoms with van der Waals surface area (Å²) in [4.78, 5) is 8.24. The lowest BCUT2D eigenvalue weighted by Gasteiger charge is -2.12. The number of nitrogens with zero attached hydrogens (tertiary/aromatic N) is 2. The summed E-state index contributed by atoms with van der Waals surface area (Å²) in [5.41, 5.74) is 0.975. The minimum atomic E-state index is -0.953. The van der Waals surface area contributed by atoms with E-state index in [1.165, 1.54) is 20.4 Å². The highest BCUT2D eigenvalue weighted by Gasteiger charge is 2.23. The lowest BCUT2D eigenvalue weighted by atomic mass is 10.1. The summed E-state index contributed by atoms with van der Waals surface area (Å²) < 4.78 is 15.5. The fourth-order valence-corrected chi connectivity index (χ4v) is 1.87. The largest absolute Gasteiger partial charge is 0.480 e. The lowest BCUT2D eigenvalue weighted by Crippen LogP contribution is -2.07. The normalized spacial score (nSPS) is 12.3. The molecule has 0 aliphatic carbocycles. The zero-order chi connectivity index (χ0) is 14.0. The van der Waals surface area contributed by atoms with Gasteiger partial charge in [0.2, 0.25) is 11.8 Å². The Bertz CT molecular complexity index is 580. The predicted octanol–water partition coefficient (Wildman–Crippen LogP) is 1.79. The van der Waals surface area contributed by atoms with E-state index in [0.29, 0.717) is 22.9 Å². The average Bonchev–Trinajstić information content (AvgIpc) is 2.76. The van der Waals surface area contributed by atoms with E-state index in [1.54, 1.807) is 13.0 Å². The molecule has 0 spiro atoms. The Kier molecular flexibility index (Phi) is 3.71. The highest BCUT2D eigenvalue weighted by atomic mass is 16.5. The molecule has 0 fully saturated rings. The van der Waals surface area contributed by atoms with E-state index in [4.69, 9.17) is 13.9 Å². The molecule has 0 amide bonds. The van der Waals surface area contributed by atoms with Gasteiger partial charge >= 0.3 is 0 Å². The number of hydrogen-bond donors (Lipinski definition) is 1. The molecule has 1 unspecified atom stereocenters. The van der Waals surface area contributed by atoms with Crippen LogP contribution in [0.5, 0.6) is 11.8 Å². The molecule has 0 aliphatic heterocycles. The third-order valence-corrected chi connectivity index (χ3v) is 2.78. The first-order chi connectivity index (χ1) is 9.06. The smallest absolute Gasteiger partial charge is 0.241 e. The quantitative estimate of drug-likeness (QED) is 0.907. The van der Waals surface area contributed by atoms with Gasteiger partial charge < -0.3 is 19.0 Å². The van der Waals surface area contributed by atoms with Crippen LogP contribution in [0.2, 0.25) is 0 Å². The van der Waals surface area contributed by atoms with E-state index in [2.05, 4.69) is 9.97 Å². The van der Waals surface area contributed by atoms with Gasteiger partial charge in [-0.1, -0.05) is 0 Å². The first-order valence-electron chi connectivity index (χ1n) is 5.76. The van der Waals surface area contributed by atoms with Crippen molar-refractivity contribution >= 4 is 0 Å². The van der Waals surface area contributed by atoms with E-state index in [0.717, 1.165) is 5.76 Å². The Morgan fingerprint density at radius 1 is 1.26 bits per heavy atom. The molecular weight excluding hydrogens is 248 g/mol. The topological polar surface area (TPSA) is 77.6 Å². The minimum Gasteiger partial charge on any atom is -0.480 e. The second-order valence-electron chi connectivity index (χ2n) is 4.08. The Balaban J connectivity index is 2.43. The van der Waals surface area contributed by atoms with Crippen molar-refractivity contribution in [3.63, 3.8) is 0 Å². The van der Waals surface area contributed by atoms with E-state index < -0.39 is 6.10 Å². The summed E-state index contributed by atoms with van der Waals surface area (Å²) in [5.74, 6) is 1.93. The average molecular weight is 264 g/mol. The first-order valence-corrected chi connectivity index (χ1v) is 5.76. The van der Waals surface area contributed by atoms with Crippen molar-refractivity contribution < 1.29 is 19.0 Å². The number of hydrogen-bond acceptors (Lipinski definition) is 6. The zero-order valence-electron chi connectivity index (χ0n) is 11.3. The lowest BCUT2D eigenvalue weighted by molar-refractivity contribution is 0.204. The van der Waals surface area contributed by atoms with Crippen molar-refractivity contribution in [1.82, 2.24) is 9.97 Å². The van der Waals surface area contributed by atoms with Crippen LogP contribution >= 0.6 is 0 Å². The van der Waals surface area contributed by atoms with Gasteiger partial charge in [-0.05, 0) is 19.9 Å². The summed E-state index contributed by atoms with van der Waals surface area (Å²) >= 11 is 0. The Hall–Kier alpha value is -2.08. The molecule has 6 nitrogen and oxygen atoms in total. The Morgan fingerprint density at radius 2 is 2.00 bits per heavy atom. The van der Waals surface area contributed by atoms with Crippen LogP contribution in [0.15, 0.2) is 16.7 Å². The third-order valence-electron chi connectivity index (χ3n) is 2.78. The van der Waals surface area contributed by atoms with Crippen LogP contribution in [0.1, 0.15) is 28.9 Å². The van der Waals surface area contributed by atoms with Crippen molar-refractivity contribution in [3.8, 4) is 11.8 Å². The van der Waals surface area contributed by atoms with Crippen LogP contribution in [0.4, 0.5) is 0 Å². The molecule has 0 bridgehead atoms. The standard InChI is InChI=1S/C13H16N2O4/c1-7-5-9(8(2)19-7)12(16)11-13(18-4)15-10(17-3)6-14-11/h5-6,12,16H,1-4H3. The molecule has 2 rings (SSSR count). The molecular formula is C13H16N2O4. The van der Waals surface area contributed by atoms with E-state index in [9.17, 15) is 5.11 Å². The number of methoxy groups -OCH3 is 2. The maximum Gasteiger partial charge on any atom is 0.241 e. The number of aliphatic hydroxyl groups excluding tert-OH is 1. The molecule has 0 aromatic carbocycles. The van der Waals surface area contributed by atoms with Crippen molar-refractivity contribution in [2.24, 2.45) is 0 Å². The van der Waals surface area contributed by atoms with Crippen LogP contribution in [-0.2, 0) is 0 Å². The van der Waals surface area contributed by atoms with E-state index >= 15 is 0 Å². The van der Waals surface area contributed by atoms with Crippen LogP contribution in [-0.4, -0.2) is 29.3 Å². The molecule has 6 heteroatoms. The zero-order valence-corrected chi connectivity index (χ0v) is 11.3. The monoisotopic (exact) mass is 264 g/mol. The third kappa shape index (κ3) is 2.53. The number of rotatable bonds is 4. The van der Waals surface area contributed by atoms with Gasteiger partial charge in [-0.2, -0.15) is 4.98 Å². The van der Waals surface area contributed by atoms with E-state index in [1.807, 2.05) is 6.92 Å². The molecule has 2 aromatic heterocycles. The van der Waals surface area contributed by atoms with Gasteiger partial charge in [-0.3, -0.25) is 0 Å². The Morgan fingerprint density at radius 3 is 2.53 bits per heavy atom. The van der Waals surface area contributed by atoms with Gasteiger partial charge in [0.05, 0.1) is 20.4 Å². The number of ether oxygens (including phenoxy) is 2. The molecule has 102 valence electrons. The van der Waals surface area contributed by atoms with Crippen molar-refractivity contribution in [2.45, 2.75) is 20.0 Å². The summed E-state index contributed by atoms with van der Waals surface area (Å²) in [6.45, 7) is 3.61. The fraction of sp³-hybridized carbons (Fsp3) is 0.385. The first kappa shape index (κ1) is 13.4. The van der Waals surface area contributed by atoms with Crippen LogP contribution in [0.25, 0.3) is 0 Å². The highest BCUT2D eigenvalue weighted by molar-refractivity contribution is 5.34. The van der Waals surface area contributed by atoms with Crippen molar-refractivity contribution in [3.05, 3.63) is 35.0 Å². The molecule has 0 radical (unpaired) electrons. The summed E-state index contributed by atoms with van der Waals surface area (Å²) in [6, 6.07) is 1.77. The Labute approximate surface area is 111 Å².